The molecule has 5 nitrogen and oxygen atoms in total. The molecule has 0 unspecified atom stereocenters. The minimum Gasteiger partial charge on any atom is -0.484 e. The zero-order chi connectivity index (χ0) is 15.9. The fourth-order valence-electron chi connectivity index (χ4n) is 1.55. The Bertz CT molecular complexity index is 695. The molecule has 0 saturated carbocycles. The Hall–Kier alpha value is -2.12. The maximum Gasteiger partial charge on any atom is 0.255 e. The molecular weight excluding hydrogens is 368 g/mol. The van der Waals surface area contributed by atoms with Gasteiger partial charge in [-0.3, -0.25) is 9.59 Å². The fourth-order valence-corrected chi connectivity index (χ4v) is 2.87. The number of hydrogen-bond acceptors (Lipinski definition) is 4. The van der Waals surface area contributed by atoms with Gasteiger partial charge >= 0.3 is 0 Å². The zero-order valence-electron chi connectivity index (χ0n) is 11.4. The molecule has 3 N–H and O–H groups in total. The number of carbonyl (C=O) groups is 2. The largest absolute Gasteiger partial charge is 0.484 e. The van der Waals surface area contributed by atoms with Crippen molar-refractivity contribution in [1.82, 2.24) is 0 Å². The summed E-state index contributed by atoms with van der Waals surface area (Å²) in [6.07, 6.45) is 3.21. The van der Waals surface area contributed by atoms with Gasteiger partial charge in [-0.15, -0.1) is 11.3 Å². The van der Waals surface area contributed by atoms with Gasteiger partial charge in [-0.05, 0) is 58.4 Å². The first-order valence-electron chi connectivity index (χ1n) is 6.28. The summed E-state index contributed by atoms with van der Waals surface area (Å²) in [5.74, 6) is -0.256. The molecule has 0 radical (unpaired) electrons. The number of nitrogens with one attached hydrogen (secondary N) is 1. The molecule has 2 aromatic rings. The summed E-state index contributed by atoms with van der Waals surface area (Å²) in [7, 11) is 0. The number of carbonyl (C=O) groups excluding carboxylic acids is 2. The number of nitrogens with two attached hydrogens (primary N) is 1. The standard InChI is InChI=1S/C15H13BrN2O3S/c16-13-7-5-12(22-13)6-8-15(20)18-10-1-3-11(4-2-10)21-9-14(17)19/h1-8H,9H2,(H2,17,19)(H,18,20)/b8-6+. The summed E-state index contributed by atoms with van der Waals surface area (Å²) in [5, 5.41) is 2.73. The maximum atomic E-state index is 11.8. The highest BCUT2D eigenvalue weighted by atomic mass is 79.9. The first-order valence-corrected chi connectivity index (χ1v) is 7.89. The SMILES string of the molecule is NC(=O)COc1ccc(NC(=O)/C=C/c2ccc(Br)s2)cc1. The van der Waals surface area contributed by atoms with E-state index in [4.69, 9.17) is 10.5 Å². The van der Waals surface area contributed by atoms with Crippen LogP contribution in [0.4, 0.5) is 5.69 Å². The van der Waals surface area contributed by atoms with Crippen molar-refractivity contribution in [2.24, 2.45) is 5.73 Å². The molecule has 0 atom stereocenters. The molecule has 0 saturated heterocycles. The van der Waals surface area contributed by atoms with E-state index in [1.165, 1.54) is 6.08 Å². The van der Waals surface area contributed by atoms with E-state index in [1.807, 2.05) is 12.1 Å². The first kappa shape index (κ1) is 16.3. The molecule has 1 heterocycles. The van der Waals surface area contributed by atoms with Crippen molar-refractivity contribution in [2.45, 2.75) is 0 Å². The average Bonchev–Trinajstić information content (AvgIpc) is 2.90. The van der Waals surface area contributed by atoms with Crippen LogP contribution >= 0.6 is 27.3 Å². The molecule has 0 aliphatic heterocycles. The number of ether oxygens (including phenoxy) is 1. The number of primary amides is 1. The van der Waals surface area contributed by atoms with Crippen molar-refractivity contribution in [2.75, 3.05) is 11.9 Å². The molecule has 0 aliphatic carbocycles. The van der Waals surface area contributed by atoms with E-state index in [1.54, 1.807) is 41.7 Å². The quantitative estimate of drug-likeness (QED) is 0.755. The second-order valence-electron chi connectivity index (χ2n) is 4.24. The van der Waals surface area contributed by atoms with Gasteiger partial charge in [-0.25, -0.2) is 0 Å². The van der Waals surface area contributed by atoms with E-state index < -0.39 is 5.91 Å². The minimum absolute atomic E-state index is 0.176. The lowest BCUT2D eigenvalue weighted by Crippen LogP contribution is -2.20. The lowest BCUT2D eigenvalue weighted by molar-refractivity contribution is -0.120. The van der Waals surface area contributed by atoms with Crippen LogP contribution in [-0.4, -0.2) is 18.4 Å². The number of anilines is 1. The lowest BCUT2D eigenvalue weighted by Gasteiger charge is -2.05. The van der Waals surface area contributed by atoms with Crippen molar-refractivity contribution in [1.29, 1.82) is 0 Å². The predicted octanol–water partition coefficient (Wildman–Crippen LogP) is 3.03. The summed E-state index contributed by atoms with van der Waals surface area (Å²) in [6.45, 7) is -0.176. The van der Waals surface area contributed by atoms with Crippen LogP contribution in [0.2, 0.25) is 0 Å². The second-order valence-corrected chi connectivity index (χ2v) is 6.74. The first-order chi connectivity index (χ1) is 10.5. The van der Waals surface area contributed by atoms with E-state index >= 15 is 0 Å². The maximum absolute atomic E-state index is 11.8. The number of amides is 2. The number of benzene rings is 1. The van der Waals surface area contributed by atoms with Crippen LogP contribution in [-0.2, 0) is 9.59 Å². The van der Waals surface area contributed by atoms with Gasteiger partial charge in [-0.1, -0.05) is 0 Å². The number of rotatable bonds is 6. The highest BCUT2D eigenvalue weighted by Crippen LogP contribution is 2.23. The van der Waals surface area contributed by atoms with Crippen LogP contribution < -0.4 is 15.8 Å². The minimum atomic E-state index is -0.539. The monoisotopic (exact) mass is 380 g/mol. The Labute approximate surface area is 139 Å². The molecule has 0 fully saturated rings. The normalized spacial score (nSPS) is 10.6. The van der Waals surface area contributed by atoms with Gasteiger partial charge in [-0.2, -0.15) is 0 Å². The van der Waals surface area contributed by atoms with Crippen LogP contribution in [0.1, 0.15) is 4.88 Å². The molecule has 7 heteroatoms. The van der Waals surface area contributed by atoms with E-state index in [0.29, 0.717) is 11.4 Å². The molecule has 0 spiro atoms. The van der Waals surface area contributed by atoms with Gasteiger partial charge in [0.05, 0.1) is 3.79 Å². The molecule has 2 amide bonds. The van der Waals surface area contributed by atoms with Gasteiger partial charge in [0.1, 0.15) is 5.75 Å². The molecule has 1 aromatic carbocycles. The van der Waals surface area contributed by atoms with Crippen molar-refractivity contribution in [3.63, 3.8) is 0 Å². The summed E-state index contributed by atoms with van der Waals surface area (Å²) >= 11 is 4.91. The topological polar surface area (TPSA) is 81.4 Å². The van der Waals surface area contributed by atoms with E-state index in [2.05, 4.69) is 21.2 Å². The van der Waals surface area contributed by atoms with Crippen LogP contribution in [0.3, 0.4) is 0 Å². The van der Waals surface area contributed by atoms with Crippen molar-refractivity contribution >= 4 is 50.8 Å². The lowest BCUT2D eigenvalue weighted by atomic mass is 10.3. The smallest absolute Gasteiger partial charge is 0.255 e. The molecule has 2 rings (SSSR count). The summed E-state index contributed by atoms with van der Waals surface area (Å²) in [5.41, 5.74) is 5.62. The van der Waals surface area contributed by atoms with Crippen LogP contribution in [0.15, 0.2) is 46.3 Å². The van der Waals surface area contributed by atoms with Crippen LogP contribution in [0, 0.1) is 0 Å². The Morgan fingerprint density at radius 1 is 1.23 bits per heavy atom. The number of thiophene rings is 1. The molecule has 22 heavy (non-hydrogen) atoms. The third-order valence-corrected chi connectivity index (χ3v) is 4.08. The Balaban J connectivity index is 1.88. The van der Waals surface area contributed by atoms with Crippen molar-refractivity contribution < 1.29 is 14.3 Å². The number of halogens is 1. The highest BCUT2D eigenvalue weighted by molar-refractivity contribution is 9.11. The van der Waals surface area contributed by atoms with E-state index in [0.717, 1.165) is 8.66 Å². The summed E-state index contributed by atoms with van der Waals surface area (Å²) in [4.78, 5) is 23.4. The number of hydrogen-bond donors (Lipinski definition) is 2. The van der Waals surface area contributed by atoms with Gasteiger partial charge < -0.3 is 15.8 Å². The van der Waals surface area contributed by atoms with Gasteiger partial charge in [0.15, 0.2) is 6.61 Å². The molecule has 114 valence electrons. The average molecular weight is 381 g/mol. The zero-order valence-corrected chi connectivity index (χ0v) is 13.8. The van der Waals surface area contributed by atoms with Crippen molar-refractivity contribution in [3.05, 3.63) is 51.1 Å². The Morgan fingerprint density at radius 3 is 2.55 bits per heavy atom. The van der Waals surface area contributed by atoms with Gasteiger partial charge in [0.25, 0.3) is 5.91 Å². The Morgan fingerprint density at radius 2 is 1.95 bits per heavy atom. The van der Waals surface area contributed by atoms with Gasteiger partial charge in [0.2, 0.25) is 5.91 Å². The summed E-state index contributed by atoms with van der Waals surface area (Å²) in [6, 6.07) is 10.5. The second kappa shape index (κ2) is 7.77. The predicted molar refractivity (Wildman–Crippen MR) is 90.8 cm³/mol. The third-order valence-electron chi connectivity index (χ3n) is 2.50. The molecular formula is C15H13BrN2O3S. The summed E-state index contributed by atoms with van der Waals surface area (Å²) < 4.78 is 6.14. The Kier molecular flexibility index (Phi) is 5.74. The van der Waals surface area contributed by atoms with E-state index in [-0.39, 0.29) is 12.5 Å². The van der Waals surface area contributed by atoms with Crippen LogP contribution in [0.25, 0.3) is 6.08 Å². The van der Waals surface area contributed by atoms with Gasteiger partial charge in [0, 0.05) is 16.6 Å². The van der Waals surface area contributed by atoms with Crippen molar-refractivity contribution in [3.8, 4) is 5.75 Å². The van der Waals surface area contributed by atoms with Crippen LogP contribution in [0.5, 0.6) is 5.75 Å². The molecule has 1 aromatic heterocycles. The fraction of sp³-hybridized carbons (Fsp3) is 0.0667. The van der Waals surface area contributed by atoms with E-state index in [9.17, 15) is 9.59 Å². The highest BCUT2D eigenvalue weighted by Gasteiger charge is 2.01. The molecule has 0 bridgehead atoms. The third kappa shape index (κ3) is 5.34. The molecule has 0 aliphatic rings.